The van der Waals surface area contributed by atoms with Gasteiger partial charge in [0.2, 0.25) is 0 Å². The van der Waals surface area contributed by atoms with E-state index in [0.717, 1.165) is 24.1 Å². The fourth-order valence-electron chi connectivity index (χ4n) is 4.11. The lowest BCUT2D eigenvalue weighted by molar-refractivity contribution is -0.137. The number of carbonyl (C=O) groups excluding carboxylic acids is 2. The number of rotatable bonds is 7. The van der Waals surface area contributed by atoms with Gasteiger partial charge in [-0.3, -0.25) is 9.69 Å². The molecule has 1 N–H and O–H groups in total. The molecule has 3 aromatic rings. The summed E-state index contributed by atoms with van der Waals surface area (Å²) in [5.74, 6) is 0.615. The molecule has 0 aliphatic carbocycles. The Labute approximate surface area is 212 Å². The van der Waals surface area contributed by atoms with Gasteiger partial charge in [0.25, 0.3) is 5.91 Å². The van der Waals surface area contributed by atoms with Crippen LogP contribution >= 0.6 is 0 Å². The fourth-order valence-corrected chi connectivity index (χ4v) is 4.11. The number of halogens is 3. The maximum Gasteiger partial charge on any atom is 0.416 e. The Balaban J connectivity index is 1.43. The number of amides is 3. The number of ether oxygens (including phenoxy) is 2. The summed E-state index contributed by atoms with van der Waals surface area (Å²) in [5.41, 5.74) is 0.927. The van der Waals surface area contributed by atoms with Gasteiger partial charge in [-0.25, -0.2) is 4.79 Å². The number of anilines is 2. The SMILES string of the molecule is COc1cc(CN2CCCN(c3ccc(NC(=O)c4cccc(C(F)(F)F)c4)cc3)C2=O)cc(OC)c1. The Morgan fingerprint density at radius 1 is 0.946 bits per heavy atom. The van der Waals surface area contributed by atoms with Crippen LogP contribution in [0.4, 0.5) is 29.3 Å². The molecule has 3 aromatic carbocycles. The topological polar surface area (TPSA) is 71.1 Å². The summed E-state index contributed by atoms with van der Waals surface area (Å²) in [5, 5.41) is 2.60. The van der Waals surface area contributed by atoms with Crippen molar-refractivity contribution in [3.8, 4) is 11.5 Å². The van der Waals surface area contributed by atoms with Crippen LogP contribution in [0.5, 0.6) is 11.5 Å². The van der Waals surface area contributed by atoms with Crippen LogP contribution in [0.2, 0.25) is 0 Å². The molecule has 0 radical (unpaired) electrons. The molecule has 0 saturated carbocycles. The highest BCUT2D eigenvalue weighted by atomic mass is 19.4. The largest absolute Gasteiger partial charge is 0.497 e. The van der Waals surface area contributed by atoms with Crippen molar-refractivity contribution in [1.29, 1.82) is 0 Å². The van der Waals surface area contributed by atoms with Crippen LogP contribution < -0.4 is 19.7 Å². The van der Waals surface area contributed by atoms with Crippen molar-refractivity contribution in [2.45, 2.75) is 19.1 Å². The molecule has 0 bridgehead atoms. The molecule has 0 atom stereocenters. The van der Waals surface area contributed by atoms with E-state index in [1.807, 2.05) is 12.1 Å². The highest BCUT2D eigenvalue weighted by Crippen LogP contribution is 2.30. The van der Waals surface area contributed by atoms with E-state index in [9.17, 15) is 22.8 Å². The third-order valence-corrected chi connectivity index (χ3v) is 5.98. The van der Waals surface area contributed by atoms with Crippen molar-refractivity contribution in [1.82, 2.24) is 4.90 Å². The summed E-state index contributed by atoms with van der Waals surface area (Å²) in [6.45, 7) is 1.51. The highest BCUT2D eigenvalue weighted by molar-refractivity contribution is 6.04. The van der Waals surface area contributed by atoms with Crippen molar-refractivity contribution in [2.75, 3.05) is 37.5 Å². The molecule has 0 spiro atoms. The van der Waals surface area contributed by atoms with Crippen LogP contribution in [0.25, 0.3) is 0 Å². The second kappa shape index (κ2) is 10.8. The summed E-state index contributed by atoms with van der Waals surface area (Å²) in [4.78, 5) is 29.1. The third-order valence-electron chi connectivity index (χ3n) is 5.98. The van der Waals surface area contributed by atoms with Crippen molar-refractivity contribution in [3.05, 3.63) is 83.4 Å². The van der Waals surface area contributed by atoms with Crippen LogP contribution in [0.15, 0.2) is 66.7 Å². The molecular formula is C27H26F3N3O4. The quantitative estimate of drug-likeness (QED) is 0.433. The number of nitrogens with one attached hydrogen (secondary N) is 1. The van der Waals surface area contributed by atoms with Crippen molar-refractivity contribution in [3.63, 3.8) is 0 Å². The van der Waals surface area contributed by atoms with Crippen LogP contribution in [0, 0.1) is 0 Å². The molecule has 0 unspecified atom stereocenters. The molecule has 3 amide bonds. The van der Waals surface area contributed by atoms with Gasteiger partial charge in [0.05, 0.1) is 19.8 Å². The van der Waals surface area contributed by atoms with E-state index in [-0.39, 0.29) is 11.6 Å². The molecule has 1 aliphatic heterocycles. The van der Waals surface area contributed by atoms with Crippen LogP contribution in [0.3, 0.4) is 0 Å². The van der Waals surface area contributed by atoms with Gasteiger partial charge in [0.15, 0.2) is 0 Å². The van der Waals surface area contributed by atoms with E-state index in [2.05, 4.69) is 5.32 Å². The Morgan fingerprint density at radius 3 is 2.24 bits per heavy atom. The minimum atomic E-state index is -4.54. The highest BCUT2D eigenvalue weighted by Gasteiger charge is 2.31. The summed E-state index contributed by atoms with van der Waals surface area (Å²) < 4.78 is 49.5. The average Bonchev–Trinajstić information content (AvgIpc) is 2.89. The van der Waals surface area contributed by atoms with Gasteiger partial charge in [0.1, 0.15) is 11.5 Å². The number of alkyl halides is 3. The Hall–Kier alpha value is -4.21. The molecule has 1 saturated heterocycles. The Bertz CT molecular complexity index is 1260. The van der Waals surface area contributed by atoms with Gasteiger partial charge < -0.3 is 19.7 Å². The molecule has 37 heavy (non-hydrogen) atoms. The lowest BCUT2D eigenvalue weighted by Gasteiger charge is -2.35. The van der Waals surface area contributed by atoms with Gasteiger partial charge in [-0.1, -0.05) is 6.07 Å². The van der Waals surface area contributed by atoms with Gasteiger partial charge in [-0.05, 0) is 66.6 Å². The zero-order valence-electron chi connectivity index (χ0n) is 20.3. The van der Waals surface area contributed by atoms with Crippen LogP contribution in [0.1, 0.15) is 27.9 Å². The minimum Gasteiger partial charge on any atom is -0.497 e. The molecule has 1 heterocycles. The number of hydrogen-bond acceptors (Lipinski definition) is 4. The molecule has 194 valence electrons. The maximum absolute atomic E-state index is 13.2. The minimum absolute atomic E-state index is 0.102. The molecular weight excluding hydrogens is 487 g/mol. The van der Waals surface area contributed by atoms with E-state index in [1.165, 1.54) is 12.1 Å². The molecule has 1 fully saturated rings. The van der Waals surface area contributed by atoms with E-state index >= 15 is 0 Å². The molecule has 10 heteroatoms. The first-order chi connectivity index (χ1) is 17.7. The fraction of sp³-hybridized carbons (Fsp3) is 0.259. The van der Waals surface area contributed by atoms with Gasteiger partial charge in [0, 0.05) is 42.6 Å². The van der Waals surface area contributed by atoms with Crippen LogP contribution in [-0.4, -0.2) is 44.1 Å². The summed E-state index contributed by atoms with van der Waals surface area (Å²) in [6, 6.07) is 16.2. The number of methoxy groups -OCH3 is 2. The first kappa shape index (κ1) is 25.9. The third kappa shape index (κ3) is 6.14. The Morgan fingerprint density at radius 2 is 1.62 bits per heavy atom. The molecule has 4 rings (SSSR count). The predicted molar refractivity (Wildman–Crippen MR) is 133 cm³/mol. The summed E-state index contributed by atoms with van der Waals surface area (Å²) in [6.07, 6.45) is -3.77. The monoisotopic (exact) mass is 513 g/mol. The number of benzene rings is 3. The zero-order chi connectivity index (χ0) is 26.6. The van der Waals surface area contributed by atoms with E-state index < -0.39 is 17.6 Å². The lowest BCUT2D eigenvalue weighted by atomic mass is 10.1. The molecule has 1 aliphatic rings. The van der Waals surface area contributed by atoms with Crippen LogP contribution in [-0.2, 0) is 12.7 Å². The van der Waals surface area contributed by atoms with Crippen molar-refractivity contribution < 1.29 is 32.2 Å². The number of urea groups is 1. The second-order valence-corrected chi connectivity index (χ2v) is 8.51. The van der Waals surface area contributed by atoms with Crippen molar-refractivity contribution >= 4 is 23.3 Å². The zero-order valence-corrected chi connectivity index (χ0v) is 20.3. The van der Waals surface area contributed by atoms with E-state index in [1.54, 1.807) is 54.4 Å². The summed E-state index contributed by atoms with van der Waals surface area (Å²) >= 11 is 0. The first-order valence-corrected chi connectivity index (χ1v) is 11.5. The summed E-state index contributed by atoms with van der Waals surface area (Å²) in [7, 11) is 3.14. The van der Waals surface area contributed by atoms with Gasteiger partial charge in [-0.2, -0.15) is 13.2 Å². The normalized spacial score (nSPS) is 13.9. The van der Waals surface area contributed by atoms with E-state index in [4.69, 9.17) is 9.47 Å². The molecule has 7 nitrogen and oxygen atoms in total. The van der Waals surface area contributed by atoms with E-state index in [0.29, 0.717) is 42.5 Å². The Kier molecular flexibility index (Phi) is 7.56. The number of nitrogens with zero attached hydrogens (tertiary/aromatic N) is 2. The van der Waals surface area contributed by atoms with Crippen molar-refractivity contribution in [2.24, 2.45) is 0 Å². The number of hydrogen-bond donors (Lipinski definition) is 1. The number of carbonyl (C=O) groups is 2. The first-order valence-electron chi connectivity index (χ1n) is 11.5. The average molecular weight is 514 g/mol. The lowest BCUT2D eigenvalue weighted by Crippen LogP contribution is -2.49. The second-order valence-electron chi connectivity index (χ2n) is 8.51. The predicted octanol–water partition coefficient (Wildman–Crippen LogP) is 5.81. The smallest absolute Gasteiger partial charge is 0.416 e. The van der Waals surface area contributed by atoms with Gasteiger partial charge in [-0.15, -0.1) is 0 Å². The standard InChI is InChI=1S/C27H26F3N3O4/c1-36-23-13-18(14-24(16-23)37-2)17-32-11-4-12-33(26(32)35)22-9-7-21(8-10-22)31-25(34)19-5-3-6-20(15-19)27(28,29)30/h3,5-10,13-16H,4,11-12,17H2,1-2H3,(H,31,34). The molecule has 0 aromatic heterocycles. The maximum atomic E-state index is 13.2. The van der Waals surface area contributed by atoms with Gasteiger partial charge >= 0.3 is 12.2 Å².